The minimum atomic E-state index is 0.530. The number of hydrogen-bond donors (Lipinski definition) is 1. The molecule has 0 amide bonds. The Bertz CT molecular complexity index is 151. The molecule has 0 saturated heterocycles. The van der Waals surface area contributed by atoms with Crippen molar-refractivity contribution in [1.82, 2.24) is 0 Å². The van der Waals surface area contributed by atoms with E-state index in [0.717, 1.165) is 17.8 Å². The first kappa shape index (κ1) is 8.55. The van der Waals surface area contributed by atoms with Crippen LogP contribution in [0.15, 0.2) is 0 Å². The van der Waals surface area contributed by atoms with Crippen LogP contribution in [0.3, 0.4) is 0 Å². The molecule has 2 aliphatic carbocycles. The minimum Gasteiger partial charge on any atom is -0.327 e. The van der Waals surface area contributed by atoms with Gasteiger partial charge in [0.15, 0.2) is 0 Å². The molecule has 3 atom stereocenters. The van der Waals surface area contributed by atoms with Crippen LogP contribution in [-0.2, 0) is 0 Å². The molecule has 2 fully saturated rings. The van der Waals surface area contributed by atoms with Gasteiger partial charge in [0, 0.05) is 6.04 Å². The summed E-state index contributed by atoms with van der Waals surface area (Å²) in [4.78, 5) is 0. The highest BCUT2D eigenvalue weighted by molar-refractivity contribution is 4.86. The van der Waals surface area contributed by atoms with Crippen molar-refractivity contribution in [2.24, 2.45) is 23.5 Å². The van der Waals surface area contributed by atoms with E-state index in [2.05, 4.69) is 6.92 Å². The molecular weight excluding hydrogens is 146 g/mol. The Kier molecular flexibility index (Phi) is 2.40. The predicted octanol–water partition coefficient (Wildman–Crippen LogP) is 2.55. The van der Waals surface area contributed by atoms with Gasteiger partial charge in [0.1, 0.15) is 0 Å². The minimum absolute atomic E-state index is 0.530. The van der Waals surface area contributed by atoms with Gasteiger partial charge in [-0.05, 0) is 37.0 Å². The molecule has 1 heteroatoms. The van der Waals surface area contributed by atoms with Crippen LogP contribution < -0.4 is 5.73 Å². The highest BCUT2D eigenvalue weighted by Gasteiger charge is 2.31. The zero-order valence-electron chi connectivity index (χ0n) is 8.13. The SMILES string of the molecule is CC1CCC(C(N)CC2CC2)C1. The van der Waals surface area contributed by atoms with E-state index in [9.17, 15) is 0 Å². The third-order valence-corrected chi connectivity index (χ3v) is 3.64. The van der Waals surface area contributed by atoms with E-state index in [0.29, 0.717) is 6.04 Å². The standard InChI is InChI=1S/C11H21N/c1-8-2-5-10(6-8)11(12)7-9-3-4-9/h8-11H,2-7,12H2,1H3. The van der Waals surface area contributed by atoms with Crippen LogP contribution in [0.5, 0.6) is 0 Å². The first-order valence-corrected chi connectivity index (χ1v) is 5.51. The van der Waals surface area contributed by atoms with Gasteiger partial charge in [-0.15, -0.1) is 0 Å². The maximum absolute atomic E-state index is 6.18. The fourth-order valence-corrected chi connectivity index (χ4v) is 2.57. The second-order valence-electron chi connectivity index (χ2n) is 5.02. The molecule has 0 aliphatic heterocycles. The van der Waals surface area contributed by atoms with Gasteiger partial charge in [-0.2, -0.15) is 0 Å². The van der Waals surface area contributed by atoms with Crippen LogP contribution in [0.1, 0.15) is 45.4 Å². The molecule has 2 rings (SSSR count). The normalized spacial score (nSPS) is 38.5. The molecule has 0 heterocycles. The van der Waals surface area contributed by atoms with E-state index < -0.39 is 0 Å². The third-order valence-electron chi connectivity index (χ3n) is 3.64. The molecule has 0 aromatic heterocycles. The molecule has 12 heavy (non-hydrogen) atoms. The summed E-state index contributed by atoms with van der Waals surface area (Å²) >= 11 is 0. The molecule has 0 bridgehead atoms. The Morgan fingerprint density at radius 1 is 1.25 bits per heavy atom. The largest absolute Gasteiger partial charge is 0.327 e. The molecule has 0 radical (unpaired) electrons. The number of rotatable bonds is 3. The summed E-state index contributed by atoms with van der Waals surface area (Å²) in [6.45, 7) is 2.36. The van der Waals surface area contributed by atoms with Crippen LogP contribution in [0.25, 0.3) is 0 Å². The smallest absolute Gasteiger partial charge is 0.00699 e. The van der Waals surface area contributed by atoms with Crippen molar-refractivity contribution in [3.8, 4) is 0 Å². The maximum atomic E-state index is 6.18. The summed E-state index contributed by atoms with van der Waals surface area (Å²) in [5, 5.41) is 0. The third kappa shape index (κ3) is 2.01. The zero-order chi connectivity index (χ0) is 8.55. The van der Waals surface area contributed by atoms with Gasteiger partial charge in [-0.1, -0.05) is 26.2 Å². The van der Waals surface area contributed by atoms with E-state index >= 15 is 0 Å². The molecule has 0 spiro atoms. The Morgan fingerprint density at radius 3 is 2.50 bits per heavy atom. The van der Waals surface area contributed by atoms with E-state index in [1.807, 2.05) is 0 Å². The summed E-state index contributed by atoms with van der Waals surface area (Å²) in [7, 11) is 0. The molecule has 2 saturated carbocycles. The van der Waals surface area contributed by atoms with Gasteiger partial charge >= 0.3 is 0 Å². The molecule has 0 aromatic carbocycles. The van der Waals surface area contributed by atoms with Crippen molar-refractivity contribution in [2.45, 2.75) is 51.5 Å². The van der Waals surface area contributed by atoms with Crippen LogP contribution in [-0.4, -0.2) is 6.04 Å². The summed E-state index contributed by atoms with van der Waals surface area (Å²) in [5.41, 5.74) is 6.18. The lowest BCUT2D eigenvalue weighted by Gasteiger charge is -2.18. The van der Waals surface area contributed by atoms with Crippen molar-refractivity contribution >= 4 is 0 Å². The van der Waals surface area contributed by atoms with E-state index in [4.69, 9.17) is 5.73 Å². The fraction of sp³-hybridized carbons (Fsp3) is 1.00. The van der Waals surface area contributed by atoms with Gasteiger partial charge in [-0.25, -0.2) is 0 Å². The number of hydrogen-bond acceptors (Lipinski definition) is 1. The lowest BCUT2D eigenvalue weighted by molar-refractivity contribution is 0.384. The second-order valence-corrected chi connectivity index (χ2v) is 5.02. The van der Waals surface area contributed by atoms with Crippen molar-refractivity contribution in [3.63, 3.8) is 0 Å². The van der Waals surface area contributed by atoms with Gasteiger partial charge in [0.25, 0.3) is 0 Å². The Hall–Kier alpha value is -0.0400. The molecule has 2 aliphatic rings. The summed E-state index contributed by atoms with van der Waals surface area (Å²) < 4.78 is 0. The fourth-order valence-electron chi connectivity index (χ4n) is 2.57. The van der Waals surface area contributed by atoms with Crippen molar-refractivity contribution < 1.29 is 0 Å². The highest BCUT2D eigenvalue weighted by Crippen LogP contribution is 2.38. The monoisotopic (exact) mass is 167 g/mol. The highest BCUT2D eigenvalue weighted by atomic mass is 14.7. The maximum Gasteiger partial charge on any atom is 0.00699 e. The molecule has 70 valence electrons. The molecule has 2 N–H and O–H groups in total. The molecule has 3 unspecified atom stereocenters. The summed E-state index contributed by atoms with van der Waals surface area (Å²) in [6, 6.07) is 0.530. The predicted molar refractivity (Wildman–Crippen MR) is 51.8 cm³/mol. The van der Waals surface area contributed by atoms with Crippen molar-refractivity contribution in [1.29, 1.82) is 0 Å². The van der Waals surface area contributed by atoms with Crippen LogP contribution in [0, 0.1) is 17.8 Å². The molecular formula is C11H21N. The first-order valence-electron chi connectivity index (χ1n) is 5.51. The average molecular weight is 167 g/mol. The van der Waals surface area contributed by atoms with Crippen molar-refractivity contribution in [2.75, 3.05) is 0 Å². The Morgan fingerprint density at radius 2 is 2.00 bits per heavy atom. The van der Waals surface area contributed by atoms with Gasteiger partial charge in [0.2, 0.25) is 0 Å². The second kappa shape index (κ2) is 3.37. The summed E-state index contributed by atoms with van der Waals surface area (Å²) in [5.74, 6) is 2.82. The van der Waals surface area contributed by atoms with Crippen LogP contribution >= 0.6 is 0 Å². The summed E-state index contributed by atoms with van der Waals surface area (Å²) in [6.07, 6.45) is 8.44. The topological polar surface area (TPSA) is 26.0 Å². The van der Waals surface area contributed by atoms with Crippen molar-refractivity contribution in [3.05, 3.63) is 0 Å². The number of nitrogens with two attached hydrogens (primary N) is 1. The van der Waals surface area contributed by atoms with E-state index in [1.165, 1.54) is 38.5 Å². The quantitative estimate of drug-likeness (QED) is 0.687. The molecule has 0 aromatic rings. The van der Waals surface area contributed by atoms with E-state index in [-0.39, 0.29) is 0 Å². The first-order chi connectivity index (χ1) is 5.75. The Labute approximate surface area is 75.7 Å². The zero-order valence-corrected chi connectivity index (χ0v) is 8.13. The average Bonchev–Trinajstić information content (AvgIpc) is 2.72. The van der Waals surface area contributed by atoms with Gasteiger partial charge in [0.05, 0.1) is 0 Å². The Balaban J connectivity index is 1.74. The lowest BCUT2D eigenvalue weighted by Crippen LogP contribution is -2.29. The van der Waals surface area contributed by atoms with E-state index in [1.54, 1.807) is 0 Å². The van der Waals surface area contributed by atoms with Gasteiger partial charge in [-0.3, -0.25) is 0 Å². The van der Waals surface area contributed by atoms with Crippen LogP contribution in [0.2, 0.25) is 0 Å². The molecule has 1 nitrogen and oxygen atoms in total. The lowest BCUT2D eigenvalue weighted by atomic mass is 9.93. The van der Waals surface area contributed by atoms with Gasteiger partial charge < -0.3 is 5.73 Å². The van der Waals surface area contributed by atoms with Crippen LogP contribution in [0.4, 0.5) is 0 Å².